The van der Waals surface area contributed by atoms with Crippen molar-refractivity contribution in [3.8, 4) is 0 Å². The predicted molar refractivity (Wildman–Crippen MR) is 72.7 cm³/mol. The summed E-state index contributed by atoms with van der Waals surface area (Å²) in [5, 5.41) is 3.24. The van der Waals surface area contributed by atoms with Gasteiger partial charge >= 0.3 is 5.97 Å². The van der Waals surface area contributed by atoms with Crippen LogP contribution in [0.2, 0.25) is 0 Å². The number of carbonyl (C=O) groups excluding carboxylic acids is 2. The lowest BCUT2D eigenvalue weighted by Crippen LogP contribution is -2.17. The number of carbonyl (C=O) groups is 2. The zero-order valence-electron chi connectivity index (χ0n) is 11.2. The monoisotopic (exact) mass is 277 g/mol. The van der Waals surface area contributed by atoms with Crippen LogP contribution in [0.25, 0.3) is 11.0 Å². The summed E-state index contributed by atoms with van der Waals surface area (Å²) >= 11 is 0. The molecule has 0 saturated carbocycles. The van der Waals surface area contributed by atoms with E-state index >= 15 is 0 Å². The maximum Gasteiger partial charge on any atom is 0.374 e. The van der Waals surface area contributed by atoms with Crippen LogP contribution in [-0.4, -0.2) is 32.2 Å². The summed E-state index contributed by atoms with van der Waals surface area (Å²) in [5.74, 6) is -0.429. The van der Waals surface area contributed by atoms with Crippen LogP contribution in [0, 0.1) is 0 Å². The Labute approximate surface area is 115 Å². The van der Waals surface area contributed by atoms with Crippen molar-refractivity contribution in [2.75, 3.05) is 19.0 Å². The van der Waals surface area contributed by atoms with E-state index in [-0.39, 0.29) is 18.5 Å². The summed E-state index contributed by atoms with van der Waals surface area (Å²) < 4.78 is 15.4. The topological polar surface area (TPSA) is 77.8 Å². The lowest BCUT2D eigenvalue weighted by molar-refractivity contribution is -0.105. The van der Waals surface area contributed by atoms with Crippen molar-refractivity contribution in [2.45, 2.75) is 13.0 Å². The number of furan rings is 1. The Balaban J connectivity index is 2.14. The molecule has 1 aromatic heterocycles. The summed E-state index contributed by atoms with van der Waals surface area (Å²) in [6, 6.07) is 6.64. The highest BCUT2D eigenvalue weighted by Crippen LogP contribution is 2.23. The van der Waals surface area contributed by atoms with Crippen LogP contribution in [0.1, 0.15) is 17.5 Å². The van der Waals surface area contributed by atoms with Crippen molar-refractivity contribution in [3.63, 3.8) is 0 Å². The third-order valence-electron chi connectivity index (χ3n) is 2.79. The van der Waals surface area contributed by atoms with E-state index in [1.807, 2.05) is 0 Å². The molecule has 6 nitrogen and oxygen atoms in total. The van der Waals surface area contributed by atoms with E-state index < -0.39 is 5.97 Å². The van der Waals surface area contributed by atoms with Gasteiger partial charge in [-0.25, -0.2) is 4.79 Å². The zero-order chi connectivity index (χ0) is 14.5. The average Bonchev–Trinajstić information content (AvgIpc) is 2.88. The number of rotatable bonds is 6. The molecular weight excluding hydrogens is 262 g/mol. The molecule has 0 aliphatic heterocycles. The van der Waals surface area contributed by atoms with E-state index in [0.717, 1.165) is 0 Å². The van der Waals surface area contributed by atoms with E-state index in [1.165, 1.54) is 0 Å². The van der Waals surface area contributed by atoms with Crippen molar-refractivity contribution in [3.05, 3.63) is 30.0 Å². The molecule has 106 valence electrons. The molecule has 1 unspecified atom stereocenters. The Hall–Kier alpha value is -2.34. The van der Waals surface area contributed by atoms with Gasteiger partial charge in [-0.2, -0.15) is 0 Å². The van der Waals surface area contributed by atoms with Gasteiger partial charge in [0, 0.05) is 18.2 Å². The van der Waals surface area contributed by atoms with E-state index in [2.05, 4.69) is 5.32 Å². The molecule has 0 aliphatic rings. The van der Waals surface area contributed by atoms with Gasteiger partial charge in [-0.15, -0.1) is 0 Å². The number of methoxy groups -OCH3 is 1. The van der Waals surface area contributed by atoms with Gasteiger partial charge in [0.2, 0.25) is 12.2 Å². The number of ether oxygens (including phenoxy) is 2. The molecule has 0 bridgehead atoms. The minimum atomic E-state index is -0.546. The molecule has 2 rings (SSSR count). The van der Waals surface area contributed by atoms with Crippen molar-refractivity contribution < 1.29 is 23.5 Å². The van der Waals surface area contributed by atoms with Gasteiger partial charge in [0.1, 0.15) is 12.2 Å². The second-order valence-electron chi connectivity index (χ2n) is 4.27. The molecular formula is C14H15NO5. The Morgan fingerprint density at radius 2 is 2.25 bits per heavy atom. The fourth-order valence-corrected chi connectivity index (χ4v) is 1.63. The first-order valence-corrected chi connectivity index (χ1v) is 6.07. The summed E-state index contributed by atoms with van der Waals surface area (Å²) in [6.07, 6.45) is 0.412. The van der Waals surface area contributed by atoms with Crippen LogP contribution in [-0.2, 0) is 14.3 Å². The van der Waals surface area contributed by atoms with Crippen LogP contribution in [0.15, 0.2) is 28.7 Å². The first-order chi connectivity index (χ1) is 9.63. The first kappa shape index (κ1) is 14.1. The fraction of sp³-hybridized carbons (Fsp3) is 0.286. The summed E-state index contributed by atoms with van der Waals surface area (Å²) in [7, 11) is 1.54. The van der Waals surface area contributed by atoms with E-state index in [1.54, 1.807) is 38.3 Å². The van der Waals surface area contributed by atoms with Crippen molar-refractivity contribution >= 4 is 29.0 Å². The number of benzene rings is 1. The SMILES string of the molecule is COC(C)COC(=O)c1cc2cc(NC=O)ccc2o1. The van der Waals surface area contributed by atoms with E-state index in [9.17, 15) is 9.59 Å². The number of hydrogen-bond donors (Lipinski definition) is 1. The largest absolute Gasteiger partial charge is 0.457 e. The molecule has 0 radical (unpaired) electrons. The van der Waals surface area contributed by atoms with E-state index in [4.69, 9.17) is 13.9 Å². The molecule has 0 spiro atoms. The molecule has 1 atom stereocenters. The van der Waals surface area contributed by atoms with Gasteiger partial charge in [0.05, 0.1) is 6.10 Å². The predicted octanol–water partition coefficient (Wildman–Crippen LogP) is 2.19. The Bertz CT molecular complexity index is 619. The number of fused-ring (bicyclic) bond motifs is 1. The molecule has 1 N–H and O–H groups in total. The van der Waals surface area contributed by atoms with Gasteiger partial charge in [0.15, 0.2) is 0 Å². The first-order valence-electron chi connectivity index (χ1n) is 6.07. The number of amides is 1. The number of anilines is 1. The molecule has 0 saturated heterocycles. The summed E-state index contributed by atoms with van der Waals surface area (Å²) in [5.41, 5.74) is 1.18. The molecule has 1 aromatic carbocycles. The van der Waals surface area contributed by atoms with Crippen LogP contribution < -0.4 is 5.32 Å². The quantitative estimate of drug-likeness (QED) is 0.647. The summed E-state index contributed by atoms with van der Waals surface area (Å²) in [4.78, 5) is 22.2. The lowest BCUT2D eigenvalue weighted by atomic mass is 10.2. The number of nitrogens with one attached hydrogen (secondary N) is 1. The van der Waals surface area contributed by atoms with Crippen LogP contribution in [0.5, 0.6) is 0 Å². The average molecular weight is 277 g/mol. The Morgan fingerprint density at radius 3 is 2.95 bits per heavy atom. The normalized spacial score (nSPS) is 12.1. The third-order valence-corrected chi connectivity index (χ3v) is 2.79. The van der Waals surface area contributed by atoms with Crippen LogP contribution in [0.4, 0.5) is 5.69 Å². The molecule has 1 heterocycles. The fourth-order valence-electron chi connectivity index (χ4n) is 1.63. The smallest absolute Gasteiger partial charge is 0.374 e. The Morgan fingerprint density at radius 1 is 1.45 bits per heavy atom. The van der Waals surface area contributed by atoms with E-state index in [0.29, 0.717) is 23.1 Å². The highest BCUT2D eigenvalue weighted by atomic mass is 16.6. The van der Waals surface area contributed by atoms with Crippen LogP contribution >= 0.6 is 0 Å². The molecule has 1 amide bonds. The highest BCUT2D eigenvalue weighted by molar-refractivity contribution is 5.94. The maximum absolute atomic E-state index is 11.8. The van der Waals surface area contributed by atoms with Crippen LogP contribution in [0.3, 0.4) is 0 Å². The van der Waals surface area contributed by atoms with Gasteiger partial charge in [-0.1, -0.05) is 0 Å². The summed E-state index contributed by atoms with van der Waals surface area (Å²) in [6.45, 7) is 1.95. The minimum Gasteiger partial charge on any atom is -0.457 e. The van der Waals surface area contributed by atoms with Gasteiger partial charge in [-0.3, -0.25) is 4.79 Å². The number of hydrogen-bond acceptors (Lipinski definition) is 5. The molecule has 0 fully saturated rings. The second kappa shape index (κ2) is 6.21. The minimum absolute atomic E-state index is 0.117. The maximum atomic E-state index is 11.8. The van der Waals surface area contributed by atoms with Crippen molar-refractivity contribution in [1.29, 1.82) is 0 Å². The molecule has 2 aromatic rings. The highest BCUT2D eigenvalue weighted by Gasteiger charge is 2.15. The standard InChI is InChI=1S/C14H15NO5/c1-9(18-2)7-19-14(17)13-6-10-5-11(15-8-16)3-4-12(10)20-13/h3-6,8-9H,7H2,1-2H3,(H,15,16). The molecule has 20 heavy (non-hydrogen) atoms. The van der Waals surface area contributed by atoms with Crippen molar-refractivity contribution in [2.24, 2.45) is 0 Å². The molecule has 6 heteroatoms. The van der Waals surface area contributed by atoms with Gasteiger partial charge in [-0.05, 0) is 31.2 Å². The third kappa shape index (κ3) is 3.16. The molecule has 0 aliphatic carbocycles. The Kier molecular flexibility index (Phi) is 4.37. The second-order valence-corrected chi connectivity index (χ2v) is 4.27. The zero-order valence-corrected chi connectivity index (χ0v) is 11.2. The number of esters is 1. The van der Waals surface area contributed by atoms with Crippen molar-refractivity contribution in [1.82, 2.24) is 0 Å². The lowest BCUT2D eigenvalue weighted by Gasteiger charge is -2.08. The van der Waals surface area contributed by atoms with Gasteiger partial charge in [0.25, 0.3) is 0 Å². The van der Waals surface area contributed by atoms with Gasteiger partial charge < -0.3 is 19.2 Å².